The van der Waals surface area contributed by atoms with Gasteiger partial charge in [-0.1, -0.05) is 0 Å². The fraction of sp³-hybridized carbons (Fsp3) is 0.368. The second-order valence-electron chi connectivity index (χ2n) is 6.80. The van der Waals surface area contributed by atoms with Crippen LogP contribution in [0.25, 0.3) is 15.9 Å². The molecule has 1 amide bonds. The van der Waals surface area contributed by atoms with Gasteiger partial charge >= 0.3 is 0 Å². The summed E-state index contributed by atoms with van der Waals surface area (Å²) in [6.45, 7) is 4.05. The third-order valence-corrected chi connectivity index (χ3v) is 6.16. The molecule has 0 bridgehead atoms. The van der Waals surface area contributed by atoms with Crippen molar-refractivity contribution in [3.63, 3.8) is 0 Å². The van der Waals surface area contributed by atoms with Gasteiger partial charge in [-0.3, -0.25) is 4.79 Å². The van der Waals surface area contributed by atoms with E-state index >= 15 is 0 Å². The Hall–Kier alpha value is -2.21. The Labute approximate surface area is 149 Å². The lowest BCUT2D eigenvalue weighted by Gasteiger charge is -2.24. The van der Waals surface area contributed by atoms with Crippen molar-refractivity contribution in [3.05, 3.63) is 46.7 Å². The number of amides is 1. The number of thiophene rings is 1. The minimum Gasteiger partial charge on any atom is -0.338 e. The third-order valence-electron chi connectivity index (χ3n) is 5.06. The summed E-state index contributed by atoms with van der Waals surface area (Å²) >= 11 is 1.45. The number of benzene rings is 1. The first-order valence-corrected chi connectivity index (χ1v) is 9.29. The molecule has 0 spiro atoms. The van der Waals surface area contributed by atoms with Crippen molar-refractivity contribution in [1.29, 1.82) is 0 Å². The van der Waals surface area contributed by atoms with E-state index in [4.69, 9.17) is 0 Å². The van der Waals surface area contributed by atoms with E-state index in [1.807, 2.05) is 24.9 Å². The van der Waals surface area contributed by atoms with Gasteiger partial charge in [-0.25, -0.2) is 9.07 Å². The number of carbonyl (C=O) groups is 1. The second-order valence-corrected chi connectivity index (χ2v) is 7.83. The predicted octanol–water partition coefficient (Wildman–Crippen LogP) is 4.41. The molecular weight excluding hydrogens is 337 g/mol. The zero-order valence-electron chi connectivity index (χ0n) is 14.5. The van der Waals surface area contributed by atoms with Gasteiger partial charge in [0.2, 0.25) is 0 Å². The molecule has 0 aliphatic heterocycles. The second kappa shape index (κ2) is 5.95. The molecule has 1 aliphatic carbocycles. The fourth-order valence-electron chi connectivity index (χ4n) is 3.16. The maximum Gasteiger partial charge on any atom is 0.264 e. The van der Waals surface area contributed by atoms with Gasteiger partial charge in [-0.2, -0.15) is 5.10 Å². The van der Waals surface area contributed by atoms with Crippen LogP contribution in [-0.2, 0) is 0 Å². The van der Waals surface area contributed by atoms with Gasteiger partial charge in [0.15, 0.2) is 0 Å². The van der Waals surface area contributed by atoms with Crippen LogP contribution in [0.3, 0.4) is 0 Å². The number of rotatable bonds is 4. The third kappa shape index (κ3) is 2.84. The summed E-state index contributed by atoms with van der Waals surface area (Å²) in [5.41, 5.74) is 1.66. The monoisotopic (exact) mass is 357 g/mol. The number of hydrogen-bond donors (Lipinski definition) is 0. The average molecular weight is 357 g/mol. The Kier molecular flexibility index (Phi) is 3.87. The van der Waals surface area contributed by atoms with Crippen molar-refractivity contribution < 1.29 is 9.18 Å². The molecule has 4 rings (SSSR count). The molecule has 2 heterocycles. The van der Waals surface area contributed by atoms with Gasteiger partial charge in [-0.15, -0.1) is 11.3 Å². The minimum absolute atomic E-state index is 0.0608. The summed E-state index contributed by atoms with van der Waals surface area (Å²) in [7, 11) is 1.88. The molecule has 0 radical (unpaired) electrons. The lowest BCUT2D eigenvalue weighted by Crippen LogP contribution is -2.35. The molecule has 130 valence electrons. The van der Waals surface area contributed by atoms with E-state index in [1.54, 1.807) is 16.8 Å². The fourth-order valence-corrected chi connectivity index (χ4v) is 4.33. The highest BCUT2D eigenvalue weighted by Gasteiger charge is 2.33. The van der Waals surface area contributed by atoms with E-state index in [0.717, 1.165) is 26.5 Å². The van der Waals surface area contributed by atoms with Crippen LogP contribution in [0.1, 0.15) is 35.1 Å². The largest absolute Gasteiger partial charge is 0.338 e. The molecule has 3 aromatic rings. The van der Waals surface area contributed by atoms with Crippen LogP contribution in [0.15, 0.2) is 30.3 Å². The summed E-state index contributed by atoms with van der Waals surface area (Å²) in [5, 5.41) is 5.53. The SMILES string of the molecule is Cc1nn(-c2ccc(F)cc2)c2sc(C(=O)N(C)C(C)C3CC3)cc12. The maximum absolute atomic E-state index is 13.2. The summed E-state index contributed by atoms with van der Waals surface area (Å²) in [6, 6.07) is 8.44. The highest BCUT2D eigenvalue weighted by atomic mass is 32.1. The first-order valence-electron chi connectivity index (χ1n) is 8.48. The van der Waals surface area contributed by atoms with E-state index in [9.17, 15) is 9.18 Å². The summed E-state index contributed by atoms with van der Waals surface area (Å²) < 4.78 is 15.0. The summed E-state index contributed by atoms with van der Waals surface area (Å²) in [5.74, 6) is 0.423. The maximum atomic E-state index is 13.2. The molecule has 1 aliphatic rings. The molecule has 1 aromatic carbocycles. The van der Waals surface area contributed by atoms with Gasteiger partial charge < -0.3 is 4.90 Å². The van der Waals surface area contributed by atoms with Crippen LogP contribution in [-0.4, -0.2) is 33.7 Å². The van der Waals surface area contributed by atoms with Gasteiger partial charge in [0, 0.05) is 18.5 Å². The van der Waals surface area contributed by atoms with Crippen LogP contribution in [0.4, 0.5) is 4.39 Å². The highest BCUT2D eigenvalue weighted by molar-refractivity contribution is 7.20. The van der Waals surface area contributed by atoms with E-state index in [1.165, 1.54) is 36.3 Å². The molecule has 25 heavy (non-hydrogen) atoms. The van der Waals surface area contributed by atoms with Gasteiger partial charge in [0.05, 0.1) is 16.3 Å². The van der Waals surface area contributed by atoms with E-state index in [2.05, 4.69) is 12.0 Å². The summed E-state index contributed by atoms with van der Waals surface area (Å²) in [4.78, 5) is 16.3. The zero-order valence-corrected chi connectivity index (χ0v) is 15.3. The van der Waals surface area contributed by atoms with Crippen LogP contribution < -0.4 is 0 Å². The number of hydrogen-bond acceptors (Lipinski definition) is 3. The van der Waals surface area contributed by atoms with E-state index < -0.39 is 0 Å². The van der Waals surface area contributed by atoms with Crippen LogP contribution in [0.5, 0.6) is 0 Å². The Morgan fingerprint density at radius 1 is 1.36 bits per heavy atom. The normalized spacial score (nSPS) is 15.5. The van der Waals surface area contributed by atoms with Crippen molar-refractivity contribution in [1.82, 2.24) is 14.7 Å². The van der Waals surface area contributed by atoms with Crippen molar-refractivity contribution in [2.75, 3.05) is 7.05 Å². The van der Waals surface area contributed by atoms with Crippen LogP contribution in [0.2, 0.25) is 0 Å². The number of aromatic nitrogens is 2. The van der Waals surface area contributed by atoms with Crippen molar-refractivity contribution in [2.45, 2.75) is 32.7 Å². The minimum atomic E-state index is -0.276. The smallest absolute Gasteiger partial charge is 0.264 e. The number of fused-ring (bicyclic) bond motifs is 1. The Bertz CT molecular complexity index is 940. The Morgan fingerprint density at radius 2 is 2.04 bits per heavy atom. The number of nitrogens with zero attached hydrogens (tertiary/aromatic N) is 3. The number of carbonyl (C=O) groups excluding carboxylic acids is 1. The molecular formula is C19H20FN3OS. The molecule has 2 aromatic heterocycles. The summed E-state index contributed by atoms with van der Waals surface area (Å²) in [6.07, 6.45) is 2.42. The quantitative estimate of drug-likeness (QED) is 0.694. The van der Waals surface area contributed by atoms with Crippen LogP contribution in [0, 0.1) is 18.7 Å². The Morgan fingerprint density at radius 3 is 2.68 bits per heavy atom. The van der Waals surface area contributed by atoms with Crippen molar-refractivity contribution in [2.24, 2.45) is 5.92 Å². The Balaban J connectivity index is 1.71. The van der Waals surface area contributed by atoms with Gasteiger partial charge in [0.1, 0.15) is 10.6 Å². The lowest BCUT2D eigenvalue weighted by molar-refractivity contribution is 0.0732. The van der Waals surface area contributed by atoms with Gasteiger partial charge in [0.25, 0.3) is 5.91 Å². The molecule has 1 atom stereocenters. The molecule has 0 N–H and O–H groups in total. The lowest BCUT2D eigenvalue weighted by atomic mass is 10.2. The van der Waals surface area contributed by atoms with Crippen molar-refractivity contribution >= 4 is 27.5 Å². The molecule has 1 fully saturated rings. The first-order chi connectivity index (χ1) is 12.0. The predicted molar refractivity (Wildman–Crippen MR) is 97.9 cm³/mol. The van der Waals surface area contributed by atoms with E-state index in [-0.39, 0.29) is 17.8 Å². The average Bonchev–Trinajstić information content (AvgIpc) is 3.29. The molecule has 0 saturated heterocycles. The topological polar surface area (TPSA) is 38.1 Å². The molecule has 6 heteroatoms. The zero-order chi connectivity index (χ0) is 17.7. The van der Waals surface area contributed by atoms with Crippen LogP contribution >= 0.6 is 11.3 Å². The van der Waals surface area contributed by atoms with E-state index in [0.29, 0.717) is 5.92 Å². The van der Waals surface area contributed by atoms with Gasteiger partial charge in [-0.05, 0) is 62.9 Å². The number of halogens is 1. The first kappa shape index (κ1) is 16.3. The van der Waals surface area contributed by atoms with Crippen molar-refractivity contribution in [3.8, 4) is 5.69 Å². The molecule has 1 saturated carbocycles. The number of aryl methyl sites for hydroxylation is 1. The standard InChI is InChI=1S/C19H20FN3OS/c1-11-16-10-17(18(24)22(3)12(2)13-4-5-13)25-19(16)23(21-11)15-8-6-14(20)7-9-15/h6-10,12-13H,4-5H2,1-3H3. The highest BCUT2D eigenvalue weighted by Crippen LogP contribution is 2.36. The molecule has 4 nitrogen and oxygen atoms in total. The molecule has 1 unspecified atom stereocenters.